The molecule has 2 unspecified atom stereocenters. The van der Waals surface area contributed by atoms with Crippen LogP contribution < -0.4 is 10.2 Å². The van der Waals surface area contributed by atoms with Crippen LogP contribution in [0.4, 0.5) is 14.9 Å². The number of amides is 2. The van der Waals surface area contributed by atoms with Gasteiger partial charge in [-0.15, -0.1) is 0 Å². The Morgan fingerprint density at radius 3 is 2.72 bits per heavy atom. The molecule has 2 atom stereocenters. The van der Waals surface area contributed by atoms with E-state index in [1.165, 1.54) is 6.07 Å². The van der Waals surface area contributed by atoms with Crippen molar-refractivity contribution in [3.8, 4) is 0 Å². The van der Waals surface area contributed by atoms with Crippen LogP contribution in [0.3, 0.4) is 0 Å². The minimum Gasteiger partial charge on any atom is -0.390 e. The van der Waals surface area contributed by atoms with E-state index in [-0.39, 0.29) is 17.9 Å². The van der Waals surface area contributed by atoms with Gasteiger partial charge in [0.1, 0.15) is 5.82 Å². The standard InChI is InChI=1S/C20H25FN2O2/c21-16-4-1-5-17-15(16)3-2-6-23(17)19(24)22-18-13-7-12-8-14(18)11-20(25,9-12)10-13/h1,4-5,12-14,18,25H,2-3,6-11H2,(H,22,24)/t12?,13?,14?,18-,20-. The summed E-state index contributed by atoms with van der Waals surface area (Å²) in [5.41, 5.74) is 0.882. The van der Waals surface area contributed by atoms with Crippen LogP contribution in [0.5, 0.6) is 0 Å². The third-order valence-electron chi connectivity index (χ3n) is 6.97. The Kier molecular flexibility index (Phi) is 3.40. The van der Waals surface area contributed by atoms with E-state index in [1.807, 2.05) is 6.07 Å². The molecule has 4 fully saturated rings. The Morgan fingerprint density at radius 2 is 2.00 bits per heavy atom. The average Bonchev–Trinajstić information content (AvgIpc) is 2.56. The summed E-state index contributed by atoms with van der Waals surface area (Å²) in [6.45, 7) is 0.636. The summed E-state index contributed by atoms with van der Waals surface area (Å²) in [5, 5.41) is 14.0. The molecule has 25 heavy (non-hydrogen) atoms. The van der Waals surface area contributed by atoms with E-state index >= 15 is 0 Å². The molecule has 0 aromatic heterocycles. The van der Waals surface area contributed by atoms with E-state index < -0.39 is 5.60 Å². The number of halogens is 1. The van der Waals surface area contributed by atoms with Gasteiger partial charge in [0.15, 0.2) is 0 Å². The van der Waals surface area contributed by atoms with Crippen molar-refractivity contribution >= 4 is 11.7 Å². The van der Waals surface area contributed by atoms with Crippen LogP contribution in [0.15, 0.2) is 18.2 Å². The molecule has 0 saturated heterocycles. The number of rotatable bonds is 1. The number of carbonyl (C=O) groups excluding carboxylic acids is 1. The second-order valence-corrected chi connectivity index (χ2v) is 8.66. The van der Waals surface area contributed by atoms with Crippen LogP contribution in [0.25, 0.3) is 0 Å². The molecule has 4 saturated carbocycles. The molecule has 134 valence electrons. The van der Waals surface area contributed by atoms with Gasteiger partial charge in [-0.3, -0.25) is 4.90 Å². The van der Waals surface area contributed by atoms with Gasteiger partial charge in [-0.05, 0) is 74.8 Å². The van der Waals surface area contributed by atoms with Gasteiger partial charge in [0.2, 0.25) is 0 Å². The molecule has 4 bridgehead atoms. The lowest BCUT2D eigenvalue weighted by atomic mass is 9.52. The summed E-state index contributed by atoms with van der Waals surface area (Å²) in [6, 6.07) is 5.05. The van der Waals surface area contributed by atoms with Gasteiger partial charge >= 0.3 is 6.03 Å². The predicted octanol–water partition coefficient (Wildman–Crippen LogP) is 3.23. The number of nitrogens with zero attached hydrogens (tertiary/aromatic N) is 1. The zero-order chi connectivity index (χ0) is 17.2. The first-order chi connectivity index (χ1) is 12.0. The number of aliphatic hydroxyl groups is 1. The Balaban J connectivity index is 1.36. The van der Waals surface area contributed by atoms with Crippen LogP contribution in [0, 0.1) is 23.6 Å². The van der Waals surface area contributed by atoms with Crippen molar-refractivity contribution in [3.63, 3.8) is 0 Å². The highest BCUT2D eigenvalue weighted by molar-refractivity contribution is 5.93. The van der Waals surface area contributed by atoms with Crippen molar-refractivity contribution in [3.05, 3.63) is 29.6 Å². The van der Waals surface area contributed by atoms with Crippen LogP contribution in [0.2, 0.25) is 0 Å². The summed E-state index contributed by atoms with van der Waals surface area (Å²) >= 11 is 0. The zero-order valence-corrected chi connectivity index (χ0v) is 14.4. The smallest absolute Gasteiger partial charge is 0.322 e. The third kappa shape index (κ3) is 2.47. The lowest BCUT2D eigenvalue weighted by Crippen LogP contribution is -2.63. The summed E-state index contributed by atoms with van der Waals surface area (Å²) in [6.07, 6.45) is 6.30. The molecule has 0 spiro atoms. The van der Waals surface area contributed by atoms with E-state index in [1.54, 1.807) is 11.0 Å². The first-order valence-corrected chi connectivity index (χ1v) is 9.60. The average molecular weight is 344 g/mol. The van der Waals surface area contributed by atoms with Crippen molar-refractivity contribution in [2.45, 2.75) is 56.6 Å². The number of hydrogen-bond acceptors (Lipinski definition) is 2. The highest BCUT2D eigenvalue weighted by Crippen LogP contribution is 2.55. The molecule has 4 aliphatic carbocycles. The predicted molar refractivity (Wildman–Crippen MR) is 92.9 cm³/mol. The van der Waals surface area contributed by atoms with Gasteiger partial charge in [0, 0.05) is 18.2 Å². The molecule has 1 heterocycles. The summed E-state index contributed by atoms with van der Waals surface area (Å²) in [7, 11) is 0. The molecule has 0 radical (unpaired) electrons. The maximum atomic E-state index is 14.1. The normalized spacial score (nSPS) is 38.6. The number of fused-ring (bicyclic) bond motifs is 1. The lowest BCUT2D eigenvalue weighted by molar-refractivity contribution is -0.136. The van der Waals surface area contributed by atoms with E-state index in [2.05, 4.69) is 5.32 Å². The van der Waals surface area contributed by atoms with Crippen molar-refractivity contribution in [2.75, 3.05) is 11.4 Å². The number of benzene rings is 1. The van der Waals surface area contributed by atoms with Gasteiger partial charge in [-0.25, -0.2) is 9.18 Å². The first kappa shape index (κ1) is 15.6. The summed E-state index contributed by atoms with van der Waals surface area (Å²) < 4.78 is 14.1. The number of urea groups is 1. The van der Waals surface area contributed by atoms with Gasteiger partial charge in [0.05, 0.1) is 11.3 Å². The molecule has 5 aliphatic rings. The molecule has 1 aliphatic heterocycles. The molecular weight excluding hydrogens is 319 g/mol. The van der Waals surface area contributed by atoms with Crippen molar-refractivity contribution in [1.82, 2.24) is 5.32 Å². The highest BCUT2D eigenvalue weighted by Gasteiger charge is 2.55. The van der Waals surface area contributed by atoms with Crippen LogP contribution >= 0.6 is 0 Å². The van der Waals surface area contributed by atoms with Crippen molar-refractivity contribution in [1.29, 1.82) is 0 Å². The first-order valence-electron chi connectivity index (χ1n) is 9.60. The van der Waals surface area contributed by atoms with E-state index in [4.69, 9.17) is 0 Å². The molecule has 1 aromatic rings. The van der Waals surface area contributed by atoms with Crippen LogP contribution in [-0.2, 0) is 6.42 Å². The molecular formula is C20H25FN2O2. The number of carbonyl (C=O) groups is 1. The number of hydrogen-bond donors (Lipinski definition) is 2. The minimum absolute atomic E-state index is 0.101. The minimum atomic E-state index is -0.488. The fourth-order valence-electron chi connectivity index (χ4n) is 6.23. The molecule has 5 heteroatoms. The summed E-state index contributed by atoms with van der Waals surface area (Å²) in [4.78, 5) is 14.7. The zero-order valence-electron chi connectivity index (χ0n) is 14.4. The topological polar surface area (TPSA) is 52.6 Å². The molecule has 1 aromatic carbocycles. The fourth-order valence-corrected chi connectivity index (χ4v) is 6.23. The SMILES string of the molecule is O=C(N[C@H]1C2CC3CC1C[C@](O)(C3)C2)N1CCCc2c(F)cccc21. The molecule has 6 rings (SSSR count). The third-order valence-corrected chi connectivity index (χ3v) is 6.97. The van der Waals surface area contributed by atoms with Gasteiger partial charge in [-0.2, -0.15) is 0 Å². The maximum Gasteiger partial charge on any atom is 0.322 e. The fraction of sp³-hybridized carbons (Fsp3) is 0.650. The van der Waals surface area contributed by atoms with Gasteiger partial charge in [-0.1, -0.05) is 6.07 Å². The Morgan fingerprint density at radius 1 is 1.24 bits per heavy atom. The van der Waals surface area contributed by atoms with Gasteiger partial charge in [0.25, 0.3) is 0 Å². The van der Waals surface area contributed by atoms with E-state index in [9.17, 15) is 14.3 Å². The van der Waals surface area contributed by atoms with Gasteiger partial charge < -0.3 is 10.4 Å². The maximum absolute atomic E-state index is 14.1. The molecule has 2 amide bonds. The highest BCUT2D eigenvalue weighted by atomic mass is 19.1. The van der Waals surface area contributed by atoms with E-state index in [0.717, 1.165) is 38.5 Å². The second-order valence-electron chi connectivity index (χ2n) is 8.66. The quantitative estimate of drug-likeness (QED) is 0.822. The number of anilines is 1. The Bertz CT molecular complexity index is 706. The Hall–Kier alpha value is -1.62. The Labute approximate surface area is 147 Å². The van der Waals surface area contributed by atoms with E-state index in [0.29, 0.717) is 42.0 Å². The largest absolute Gasteiger partial charge is 0.390 e. The molecule has 2 N–H and O–H groups in total. The van der Waals surface area contributed by atoms with Crippen molar-refractivity contribution < 1.29 is 14.3 Å². The second kappa shape index (κ2) is 5.44. The molecule has 4 nitrogen and oxygen atoms in total. The number of nitrogens with one attached hydrogen (secondary N) is 1. The van der Waals surface area contributed by atoms with Crippen LogP contribution in [0.1, 0.15) is 44.1 Å². The summed E-state index contributed by atoms with van der Waals surface area (Å²) in [5.74, 6) is 1.18. The van der Waals surface area contributed by atoms with Crippen molar-refractivity contribution in [2.24, 2.45) is 17.8 Å². The van der Waals surface area contributed by atoms with Crippen LogP contribution in [-0.4, -0.2) is 29.3 Å². The lowest BCUT2D eigenvalue weighted by Gasteiger charge is -2.58. The monoisotopic (exact) mass is 344 g/mol.